The van der Waals surface area contributed by atoms with Gasteiger partial charge < -0.3 is 82.3 Å². The first-order chi connectivity index (χ1) is 37.0. The van der Waals surface area contributed by atoms with E-state index in [9.17, 15) is 15.0 Å². The van der Waals surface area contributed by atoms with E-state index in [4.69, 9.17) is 72.0 Å². The van der Waals surface area contributed by atoms with Crippen molar-refractivity contribution in [2.45, 2.75) is 307 Å². The molecule has 3 spiro atoms. The number of carbonyl (C=O) groups excluding carboxylic acids is 1. The molecule has 430 valence electrons. The minimum atomic E-state index is -0.989. The molecule has 0 aromatic heterocycles. The predicted octanol–water partition coefficient (Wildman–Crippen LogP) is 5.51. The van der Waals surface area contributed by atoms with Crippen LogP contribution in [0.4, 0.5) is 0 Å². The van der Waals surface area contributed by atoms with Gasteiger partial charge in [-0.3, -0.25) is 4.79 Å². The Bertz CT molecular complexity index is 2240. The lowest BCUT2D eigenvalue weighted by Gasteiger charge is -2.50. The molecule has 14 aliphatic rings. The fourth-order valence-electron chi connectivity index (χ4n) is 17.6. The number of hydrogen-bond acceptors (Lipinski definition) is 18. The summed E-state index contributed by atoms with van der Waals surface area (Å²) >= 11 is 0. The molecule has 30 atom stereocenters. The molecule has 14 rings (SSSR count). The van der Waals surface area contributed by atoms with Crippen molar-refractivity contribution in [1.82, 2.24) is 0 Å². The van der Waals surface area contributed by atoms with Crippen molar-refractivity contribution in [3.63, 3.8) is 0 Å². The third kappa shape index (κ3) is 9.68. The van der Waals surface area contributed by atoms with Gasteiger partial charge in [-0.05, 0) is 86.8 Å². The van der Waals surface area contributed by atoms with Gasteiger partial charge in [0.15, 0.2) is 17.4 Å². The van der Waals surface area contributed by atoms with Gasteiger partial charge in [0.05, 0.1) is 129 Å². The standard InChI is InChI=1S/C59H87NO17/c1-27-15-33-7-9-38-28(2)16-35(64-38)11-13-57-24-37(62)55(77-57)45-21-47(73-57)56-39(67-45)10-8-34(66-56)17-50(63)71-54-32(6)53-44(68-43(54)18-40(65-33)31(27)5)20-42-48(70-53)25-59(72-42)26-49-52(76-59)30(4)23-58(75-49)22-29(3)51-46(74-58)19-41(69-51)36(61)12-14-60/h27,29-30,32-49,51-56,61-62H,2,5,7-26,60H2,1,3-4,6H3/t27-,29+,30+,32+,33+,34-,35+,36+,37?,38+,39+,40-,41+,42-,43+,44+,45-,46+,47-,48-,49+,51+,52+,53+,54-,55+,56+,57-,58-,59+/m1/s1. The van der Waals surface area contributed by atoms with Gasteiger partial charge in [0.25, 0.3) is 0 Å². The number of rotatable bonds is 3. The maximum atomic E-state index is 14.5. The van der Waals surface area contributed by atoms with Crippen LogP contribution >= 0.6 is 0 Å². The lowest BCUT2D eigenvalue weighted by Crippen LogP contribution is -2.61. The van der Waals surface area contributed by atoms with Crippen LogP contribution in [0.5, 0.6) is 0 Å². The SMILES string of the molecule is C=C1C[C@@H]2CC[C@]34CC(O)[C@H](O3)[C@H]3C[C@@H](O4)[C@H]4O[C@H](CC[C@@H]4O3)CC(=O)O[C@@H]3[C@@H](C)[C@@H]4O[C@@H]5C[C@]6(C[C@@H]7O[C@]8(C[C@H](C)[C@@H]9O[C@H]([C@@H](O)CCN)C[C@@H]9O8)C[C@H](C)[C@@H]7O6)O[C@@H]5C[C@@H]4O[C@H]3C[C@H]3O[C@@H](CC[C@@H]1O2)C[C@@H](C)C3=C. The average molecular weight is 1080 g/mol. The number of fused-ring (bicyclic) bond motifs is 13. The minimum absolute atomic E-state index is 0.0259. The van der Waals surface area contributed by atoms with Gasteiger partial charge in [-0.25, -0.2) is 0 Å². The maximum Gasteiger partial charge on any atom is 0.308 e. The second kappa shape index (κ2) is 20.3. The van der Waals surface area contributed by atoms with Crippen molar-refractivity contribution in [2.24, 2.45) is 29.4 Å². The molecule has 10 bridgehead atoms. The second-order valence-electron chi connectivity index (χ2n) is 26.9. The third-order valence-corrected chi connectivity index (χ3v) is 21.3. The van der Waals surface area contributed by atoms with Crippen molar-refractivity contribution < 1.29 is 81.3 Å². The molecule has 0 aliphatic carbocycles. The summed E-state index contributed by atoms with van der Waals surface area (Å²) in [4.78, 5) is 14.5. The molecule has 0 aromatic rings. The molecular formula is C59H87NO17. The highest BCUT2D eigenvalue weighted by molar-refractivity contribution is 5.70. The Balaban J connectivity index is 0.689. The highest BCUT2D eigenvalue weighted by Gasteiger charge is 2.66. The molecule has 1 unspecified atom stereocenters. The number of esters is 1. The predicted molar refractivity (Wildman–Crippen MR) is 272 cm³/mol. The second-order valence-corrected chi connectivity index (χ2v) is 26.9. The average Bonchev–Trinajstić information content (AvgIpc) is 4.41. The van der Waals surface area contributed by atoms with Crippen molar-refractivity contribution >= 4 is 5.97 Å². The van der Waals surface area contributed by atoms with Crippen molar-refractivity contribution in [3.8, 4) is 0 Å². The number of ether oxygens (including phenoxy) is 14. The molecule has 14 saturated heterocycles. The monoisotopic (exact) mass is 1080 g/mol. The topological polar surface area (TPSA) is 213 Å². The third-order valence-electron chi connectivity index (χ3n) is 21.3. The van der Waals surface area contributed by atoms with E-state index in [1.807, 2.05) is 0 Å². The van der Waals surface area contributed by atoms with Crippen LogP contribution in [0.15, 0.2) is 24.3 Å². The summed E-state index contributed by atoms with van der Waals surface area (Å²) in [6.45, 7) is 18.3. The number of aliphatic hydroxyl groups excluding tert-OH is 2. The first kappa shape index (κ1) is 53.3. The fourth-order valence-corrected chi connectivity index (χ4v) is 17.6. The van der Waals surface area contributed by atoms with Crippen molar-refractivity contribution in [2.75, 3.05) is 6.54 Å². The van der Waals surface area contributed by atoms with Crippen LogP contribution in [0, 0.1) is 23.7 Å². The molecule has 0 amide bonds. The largest absolute Gasteiger partial charge is 0.459 e. The number of hydrogen-bond donors (Lipinski definition) is 3. The molecule has 18 heteroatoms. The van der Waals surface area contributed by atoms with E-state index in [0.29, 0.717) is 96.4 Å². The van der Waals surface area contributed by atoms with E-state index in [-0.39, 0.29) is 134 Å². The molecule has 14 aliphatic heterocycles. The first-order valence-electron chi connectivity index (χ1n) is 30.3. The lowest BCUT2D eigenvalue weighted by atomic mass is 9.79. The molecular weight excluding hydrogens is 995 g/mol. The van der Waals surface area contributed by atoms with Gasteiger partial charge in [0, 0.05) is 70.1 Å². The lowest BCUT2D eigenvalue weighted by molar-refractivity contribution is -0.347. The molecule has 77 heavy (non-hydrogen) atoms. The Morgan fingerprint density at radius 1 is 0.545 bits per heavy atom. The van der Waals surface area contributed by atoms with Crippen LogP contribution in [0.25, 0.3) is 0 Å². The zero-order valence-electron chi connectivity index (χ0n) is 45.7. The Morgan fingerprint density at radius 2 is 1.21 bits per heavy atom. The first-order valence-corrected chi connectivity index (χ1v) is 30.3. The van der Waals surface area contributed by atoms with Gasteiger partial charge in [-0.15, -0.1) is 0 Å². The van der Waals surface area contributed by atoms with Crippen molar-refractivity contribution in [1.29, 1.82) is 0 Å². The van der Waals surface area contributed by atoms with E-state index in [1.54, 1.807) is 0 Å². The van der Waals surface area contributed by atoms with Gasteiger partial charge in [-0.1, -0.05) is 40.9 Å². The Hall–Kier alpha value is -1.69. The molecule has 0 aromatic carbocycles. The Morgan fingerprint density at radius 3 is 2.05 bits per heavy atom. The van der Waals surface area contributed by atoms with Crippen LogP contribution in [-0.4, -0.2) is 180 Å². The van der Waals surface area contributed by atoms with Crippen molar-refractivity contribution in [3.05, 3.63) is 24.3 Å². The normalized spacial score (nSPS) is 56.6. The van der Waals surface area contributed by atoms with Gasteiger partial charge in [-0.2, -0.15) is 0 Å². The molecule has 14 heterocycles. The molecule has 18 nitrogen and oxygen atoms in total. The zero-order valence-corrected chi connectivity index (χ0v) is 45.7. The fraction of sp³-hybridized carbons (Fsp3) is 0.915. The summed E-state index contributed by atoms with van der Waals surface area (Å²) in [6, 6.07) is 0. The Labute approximate surface area is 453 Å². The van der Waals surface area contributed by atoms with E-state index in [0.717, 1.165) is 36.8 Å². The Kier molecular flexibility index (Phi) is 14.0. The summed E-state index contributed by atoms with van der Waals surface area (Å²) in [7, 11) is 0. The highest BCUT2D eigenvalue weighted by Crippen LogP contribution is 2.57. The molecule has 14 fully saturated rings. The summed E-state index contributed by atoms with van der Waals surface area (Å²) in [5.74, 6) is -2.68. The zero-order chi connectivity index (χ0) is 52.9. The summed E-state index contributed by atoms with van der Waals surface area (Å²) in [5.41, 5.74) is 7.92. The van der Waals surface area contributed by atoms with Crippen LogP contribution in [0.3, 0.4) is 0 Å². The summed E-state index contributed by atoms with van der Waals surface area (Å²) in [6.07, 6.45) is 4.19. The quantitative estimate of drug-likeness (QED) is 0.235. The molecule has 4 N–H and O–H groups in total. The van der Waals surface area contributed by atoms with Gasteiger partial charge in [0.1, 0.15) is 18.3 Å². The minimum Gasteiger partial charge on any atom is -0.459 e. The summed E-state index contributed by atoms with van der Waals surface area (Å²) < 4.78 is 96.4. The molecule has 0 saturated carbocycles. The van der Waals surface area contributed by atoms with Crippen LogP contribution in [0.1, 0.15) is 150 Å². The maximum absolute atomic E-state index is 14.5. The van der Waals surface area contributed by atoms with E-state index >= 15 is 0 Å². The molecule has 0 radical (unpaired) electrons. The van der Waals surface area contributed by atoms with E-state index in [2.05, 4.69) is 40.9 Å². The van der Waals surface area contributed by atoms with Crippen LogP contribution < -0.4 is 5.73 Å². The van der Waals surface area contributed by atoms with Crippen LogP contribution in [-0.2, 0) is 71.1 Å². The van der Waals surface area contributed by atoms with Crippen LogP contribution in [0.2, 0.25) is 0 Å². The number of aliphatic hydroxyl groups is 2. The van der Waals surface area contributed by atoms with E-state index in [1.165, 1.54) is 0 Å². The van der Waals surface area contributed by atoms with Gasteiger partial charge in [0.2, 0.25) is 0 Å². The number of nitrogens with two attached hydrogens (primary N) is 1. The summed E-state index contributed by atoms with van der Waals surface area (Å²) in [5, 5.41) is 22.1. The highest BCUT2D eigenvalue weighted by atomic mass is 16.8. The number of carbonyl (C=O) groups is 1. The van der Waals surface area contributed by atoms with E-state index < -0.39 is 60.1 Å². The smallest absolute Gasteiger partial charge is 0.308 e. The van der Waals surface area contributed by atoms with Gasteiger partial charge >= 0.3 is 5.97 Å².